The first kappa shape index (κ1) is 22.9. The molecule has 0 saturated carbocycles. The molecule has 11 heteroatoms. The summed E-state index contributed by atoms with van der Waals surface area (Å²) < 4.78 is 23.4. The van der Waals surface area contributed by atoms with E-state index in [1.54, 1.807) is 0 Å². The maximum atomic E-state index is 12.5. The second-order valence-electron chi connectivity index (χ2n) is 6.68. The van der Waals surface area contributed by atoms with Crippen LogP contribution < -0.4 is 10.6 Å². The topological polar surface area (TPSA) is 135 Å². The standard InChI is InChI=1S/C21H16ClN3O6S/c1-32(30,31)15-6-4-5-13(11-15)20(26)24-18-10-9-14(12-17(18)22)23-21(27)16-7-2-3-8-19(16)25(28)29/h2-12H,1H3,(H,23,27)(H,24,26). The average molecular weight is 474 g/mol. The Bertz CT molecular complexity index is 1340. The molecule has 0 aliphatic carbocycles. The van der Waals surface area contributed by atoms with E-state index in [0.717, 1.165) is 6.26 Å². The molecule has 164 valence electrons. The van der Waals surface area contributed by atoms with Crippen LogP contribution in [0.15, 0.2) is 71.6 Å². The van der Waals surface area contributed by atoms with Crippen LogP contribution in [0, 0.1) is 10.1 Å². The van der Waals surface area contributed by atoms with Crippen LogP contribution in [-0.2, 0) is 9.84 Å². The van der Waals surface area contributed by atoms with Crippen molar-refractivity contribution in [1.82, 2.24) is 0 Å². The number of nitro benzene ring substituents is 1. The van der Waals surface area contributed by atoms with Crippen molar-refractivity contribution >= 4 is 50.3 Å². The average Bonchev–Trinajstić information content (AvgIpc) is 2.75. The third kappa shape index (κ3) is 5.29. The van der Waals surface area contributed by atoms with E-state index >= 15 is 0 Å². The zero-order valence-electron chi connectivity index (χ0n) is 16.5. The molecule has 3 aromatic carbocycles. The van der Waals surface area contributed by atoms with Crippen LogP contribution in [0.4, 0.5) is 17.1 Å². The summed E-state index contributed by atoms with van der Waals surface area (Å²) in [4.78, 5) is 35.4. The van der Waals surface area contributed by atoms with Gasteiger partial charge in [0.2, 0.25) is 0 Å². The highest BCUT2D eigenvalue weighted by Gasteiger charge is 2.20. The Morgan fingerprint density at radius 1 is 0.938 bits per heavy atom. The van der Waals surface area contributed by atoms with Gasteiger partial charge in [-0.2, -0.15) is 0 Å². The van der Waals surface area contributed by atoms with Gasteiger partial charge in [-0.1, -0.05) is 29.8 Å². The lowest BCUT2D eigenvalue weighted by molar-refractivity contribution is -0.385. The van der Waals surface area contributed by atoms with Gasteiger partial charge in [0.1, 0.15) is 5.56 Å². The summed E-state index contributed by atoms with van der Waals surface area (Å²) in [5, 5.41) is 16.3. The zero-order chi connectivity index (χ0) is 23.5. The van der Waals surface area contributed by atoms with Gasteiger partial charge in [-0.3, -0.25) is 19.7 Å². The Morgan fingerprint density at radius 2 is 1.66 bits per heavy atom. The zero-order valence-corrected chi connectivity index (χ0v) is 18.1. The number of hydrogen-bond acceptors (Lipinski definition) is 6. The molecule has 0 saturated heterocycles. The van der Waals surface area contributed by atoms with Gasteiger partial charge in [0.05, 0.1) is 20.5 Å². The molecule has 0 fully saturated rings. The van der Waals surface area contributed by atoms with Crippen molar-refractivity contribution in [2.75, 3.05) is 16.9 Å². The van der Waals surface area contributed by atoms with E-state index in [1.165, 1.54) is 66.7 Å². The maximum Gasteiger partial charge on any atom is 0.282 e. The van der Waals surface area contributed by atoms with Crippen LogP contribution >= 0.6 is 11.6 Å². The van der Waals surface area contributed by atoms with Gasteiger partial charge in [0.15, 0.2) is 9.84 Å². The molecular weight excluding hydrogens is 458 g/mol. The number of nitro groups is 1. The number of anilines is 2. The predicted octanol–water partition coefficient (Wildman–Crippen LogP) is 4.16. The number of halogens is 1. The molecule has 0 bridgehead atoms. The van der Waals surface area contributed by atoms with Crippen LogP contribution in [0.25, 0.3) is 0 Å². The number of para-hydroxylation sites is 1. The summed E-state index contributed by atoms with van der Waals surface area (Å²) in [6, 6.07) is 15.3. The normalized spacial score (nSPS) is 10.9. The minimum Gasteiger partial charge on any atom is -0.322 e. The lowest BCUT2D eigenvalue weighted by Gasteiger charge is -2.11. The molecule has 0 unspecified atom stereocenters. The fourth-order valence-corrected chi connectivity index (χ4v) is 3.67. The van der Waals surface area contributed by atoms with Crippen molar-refractivity contribution < 1.29 is 22.9 Å². The van der Waals surface area contributed by atoms with Crippen molar-refractivity contribution in [2.24, 2.45) is 0 Å². The van der Waals surface area contributed by atoms with Crippen LogP contribution in [0.5, 0.6) is 0 Å². The molecule has 3 rings (SSSR count). The fraction of sp³-hybridized carbons (Fsp3) is 0.0476. The predicted molar refractivity (Wildman–Crippen MR) is 120 cm³/mol. The molecule has 0 spiro atoms. The van der Waals surface area contributed by atoms with Gasteiger partial charge in [-0.05, 0) is 42.5 Å². The Kier molecular flexibility index (Phi) is 6.56. The quantitative estimate of drug-likeness (QED) is 0.407. The molecule has 0 atom stereocenters. The Morgan fingerprint density at radius 3 is 2.31 bits per heavy atom. The second kappa shape index (κ2) is 9.16. The first-order chi connectivity index (χ1) is 15.1. The Labute approximate surface area is 188 Å². The van der Waals surface area contributed by atoms with Crippen molar-refractivity contribution in [3.8, 4) is 0 Å². The van der Waals surface area contributed by atoms with Crippen molar-refractivity contribution in [3.63, 3.8) is 0 Å². The largest absolute Gasteiger partial charge is 0.322 e. The number of carbonyl (C=O) groups is 2. The van der Waals surface area contributed by atoms with Crippen LogP contribution in [0.3, 0.4) is 0 Å². The first-order valence-electron chi connectivity index (χ1n) is 9.02. The number of amides is 2. The minimum absolute atomic E-state index is 0.00399. The molecule has 9 nitrogen and oxygen atoms in total. The van der Waals surface area contributed by atoms with Gasteiger partial charge in [0, 0.05) is 23.6 Å². The minimum atomic E-state index is -3.48. The molecule has 0 aliphatic heterocycles. The van der Waals surface area contributed by atoms with Crippen molar-refractivity contribution in [2.45, 2.75) is 4.90 Å². The van der Waals surface area contributed by atoms with Crippen LogP contribution in [0.1, 0.15) is 20.7 Å². The molecular formula is C21H16ClN3O6S. The molecule has 0 radical (unpaired) electrons. The second-order valence-corrected chi connectivity index (χ2v) is 9.10. The van der Waals surface area contributed by atoms with E-state index in [9.17, 15) is 28.1 Å². The maximum absolute atomic E-state index is 12.5. The summed E-state index contributed by atoms with van der Waals surface area (Å²) in [5.41, 5.74) is 0.158. The SMILES string of the molecule is CS(=O)(=O)c1cccc(C(=O)Nc2ccc(NC(=O)c3ccccc3[N+](=O)[O-])cc2Cl)c1. The molecule has 32 heavy (non-hydrogen) atoms. The van der Waals surface area contributed by atoms with Crippen molar-refractivity contribution in [1.29, 1.82) is 0 Å². The van der Waals surface area contributed by atoms with Gasteiger partial charge in [0.25, 0.3) is 17.5 Å². The fourth-order valence-electron chi connectivity index (χ4n) is 2.78. The van der Waals surface area contributed by atoms with Gasteiger partial charge in [-0.25, -0.2) is 8.42 Å². The smallest absolute Gasteiger partial charge is 0.282 e. The number of hydrogen-bond donors (Lipinski definition) is 2. The van der Waals surface area contributed by atoms with Crippen LogP contribution in [-0.4, -0.2) is 31.4 Å². The number of nitrogens with one attached hydrogen (secondary N) is 2. The number of benzene rings is 3. The monoisotopic (exact) mass is 473 g/mol. The summed E-state index contributed by atoms with van der Waals surface area (Å²) in [7, 11) is -3.48. The third-order valence-corrected chi connectivity index (χ3v) is 5.77. The number of rotatable bonds is 6. The van der Waals surface area contributed by atoms with E-state index in [0.29, 0.717) is 0 Å². The van der Waals surface area contributed by atoms with Gasteiger partial charge in [-0.15, -0.1) is 0 Å². The summed E-state index contributed by atoms with van der Waals surface area (Å²) >= 11 is 6.21. The highest BCUT2D eigenvalue weighted by atomic mass is 35.5. The molecule has 3 aromatic rings. The summed E-state index contributed by atoms with van der Waals surface area (Å²) in [6.07, 6.45) is 1.04. The molecule has 0 heterocycles. The molecule has 2 N–H and O–H groups in total. The molecule has 0 aliphatic rings. The van der Waals surface area contributed by atoms with E-state index in [2.05, 4.69) is 10.6 Å². The van der Waals surface area contributed by atoms with E-state index < -0.39 is 26.6 Å². The Hall–Kier alpha value is -3.76. The summed E-state index contributed by atoms with van der Waals surface area (Å²) in [5.74, 6) is -1.27. The highest BCUT2D eigenvalue weighted by molar-refractivity contribution is 7.90. The lowest BCUT2D eigenvalue weighted by Crippen LogP contribution is -2.15. The first-order valence-corrected chi connectivity index (χ1v) is 11.3. The van der Waals surface area contributed by atoms with Crippen molar-refractivity contribution in [3.05, 3.63) is 93.0 Å². The van der Waals surface area contributed by atoms with E-state index in [4.69, 9.17) is 11.6 Å². The molecule has 2 amide bonds. The number of carbonyl (C=O) groups excluding carboxylic acids is 2. The number of nitrogens with zero attached hydrogens (tertiary/aromatic N) is 1. The molecule has 0 aromatic heterocycles. The third-order valence-electron chi connectivity index (χ3n) is 4.34. The van der Waals surface area contributed by atoms with E-state index in [-0.39, 0.29) is 38.1 Å². The highest BCUT2D eigenvalue weighted by Crippen LogP contribution is 2.27. The van der Waals surface area contributed by atoms with E-state index in [1.807, 2.05) is 0 Å². The van der Waals surface area contributed by atoms with Gasteiger partial charge >= 0.3 is 0 Å². The van der Waals surface area contributed by atoms with Crippen LogP contribution in [0.2, 0.25) is 5.02 Å². The lowest BCUT2D eigenvalue weighted by atomic mass is 10.1. The van der Waals surface area contributed by atoms with Gasteiger partial charge < -0.3 is 10.6 Å². The summed E-state index contributed by atoms with van der Waals surface area (Å²) in [6.45, 7) is 0. The number of sulfone groups is 1. The Balaban J connectivity index is 1.77.